The summed E-state index contributed by atoms with van der Waals surface area (Å²) in [5.41, 5.74) is 5.82. The molecule has 6 heteroatoms. The highest BCUT2D eigenvalue weighted by molar-refractivity contribution is 6.01. The fraction of sp³-hybridized carbons (Fsp3) is 0.476. The van der Waals surface area contributed by atoms with Crippen LogP contribution in [0.3, 0.4) is 0 Å². The van der Waals surface area contributed by atoms with Crippen molar-refractivity contribution in [2.24, 2.45) is 28.9 Å². The maximum absolute atomic E-state index is 13.0. The molecule has 1 aromatic rings. The lowest BCUT2D eigenvalue weighted by Gasteiger charge is -2.26. The van der Waals surface area contributed by atoms with Crippen LogP contribution in [0.15, 0.2) is 36.4 Å². The highest BCUT2D eigenvalue weighted by Gasteiger charge is 2.51. The SMILES string of the molecule is CC1(C)CN(c2ccc(C(N)=O)cc2)C(=O)C1OC(=O)[C@@H]1C[C@@H]2C=C[C@H]1C2. The lowest BCUT2D eigenvalue weighted by molar-refractivity contribution is -0.163. The first kappa shape index (κ1) is 17.8. The predicted octanol–water partition coefficient (Wildman–Crippen LogP) is 2.28. The number of rotatable bonds is 4. The molecule has 142 valence electrons. The number of ether oxygens (including phenoxy) is 1. The Balaban J connectivity index is 1.50. The van der Waals surface area contributed by atoms with E-state index in [2.05, 4.69) is 12.2 Å². The van der Waals surface area contributed by atoms with Crippen LogP contribution in [0.4, 0.5) is 5.69 Å². The monoisotopic (exact) mass is 368 g/mol. The predicted molar refractivity (Wildman–Crippen MR) is 99.8 cm³/mol. The molecule has 4 atom stereocenters. The van der Waals surface area contributed by atoms with Crippen molar-refractivity contribution in [3.05, 3.63) is 42.0 Å². The van der Waals surface area contributed by atoms with Crippen LogP contribution in [0.25, 0.3) is 0 Å². The average Bonchev–Trinajstić information content (AvgIpc) is 3.31. The number of anilines is 1. The summed E-state index contributed by atoms with van der Waals surface area (Å²) < 4.78 is 5.75. The van der Waals surface area contributed by atoms with Gasteiger partial charge in [0.15, 0.2) is 6.10 Å². The van der Waals surface area contributed by atoms with Crippen LogP contribution in [0.1, 0.15) is 37.0 Å². The van der Waals surface area contributed by atoms with Crippen molar-refractivity contribution >= 4 is 23.5 Å². The van der Waals surface area contributed by atoms with Crippen molar-refractivity contribution in [3.63, 3.8) is 0 Å². The number of benzene rings is 1. The molecule has 6 nitrogen and oxygen atoms in total. The Bertz CT molecular complexity index is 827. The Kier molecular flexibility index (Phi) is 4.09. The first-order chi connectivity index (χ1) is 12.8. The molecule has 2 N–H and O–H groups in total. The zero-order valence-corrected chi connectivity index (χ0v) is 15.6. The van der Waals surface area contributed by atoms with Crippen molar-refractivity contribution in [1.82, 2.24) is 0 Å². The van der Waals surface area contributed by atoms with Gasteiger partial charge in [-0.2, -0.15) is 0 Å². The molecule has 4 rings (SSSR count). The van der Waals surface area contributed by atoms with Gasteiger partial charge in [-0.1, -0.05) is 26.0 Å². The highest BCUT2D eigenvalue weighted by Crippen LogP contribution is 2.45. The second-order valence-electron chi connectivity index (χ2n) is 8.53. The second kappa shape index (κ2) is 6.22. The van der Waals surface area contributed by atoms with Crippen LogP contribution >= 0.6 is 0 Å². The molecule has 0 aromatic heterocycles. The van der Waals surface area contributed by atoms with E-state index in [1.165, 1.54) is 0 Å². The van der Waals surface area contributed by atoms with Gasteiger partial charge in [-0.25, -0.2) is 0 Å². The molecule has 0 spiro atoms. The second-order valence-corrected chi connectivity index (χ2v) is 8.53. The van der Waals surface area contributed by atoms with E-state index in [9.17, 15) is 14.4 Å². The molecular formula is C21H24N2O4. The summed E-state index contributed by atoms with van der Waals surface area (Å²) in [6.07, 6.45) is 5.31. The van der Waals surface area contributed by atoms with E-state index >= 15 is 0 Å². The van der Waals surface area contributed by atoms with Crippen molar-refractivity contribution in [1.29, 1.82) is 0 Å². The minimum absolute atomic E-state index is 0.132. The third kappa shape index (κ3) is 3.03. The molecule has 2 fully saturated rings. The van der Waals surface area contributed by atoms with E-state index in [1.807, 2.05) is 13.8 Å². The Morgan fingerprint density at radius 1 is 1.15 bits per heavy atom. The zero-order chi connectivity index (χ0) is 19.3. The molecule has 1 unspecified atom stereocenters. The summed E-state index contributed by atoms with van der Waals surface area (Å²) in [6.45, 7) is 4.30. The van der Waals surface area contributed by atoms with Gasteiger partial charge in [0, 0.05) is 23.2 Å². The zero-order valence-electron chi connectivity index (χ0n) is 15.6. The number of fused-ring (bicyclic) bond motifs is 2. The van der Waals surface area contributed by atoms with Crippen LogP contribution in [0.2, 0.25) is 0 Å². The van der Waals surface area contributed by atoms with Crippen LogP contribution in [-0.2, 0) is 14.3 Å². The van der Waals surface area contributed by atoms with Gasteiger partial charge < -0.3 is 15.4 Å². The number of nitrogens with zero attached hydrogens (tertiary/aromatic N) is 1. The molecule has 2 bridgehead atoms. The summed E-state index contributed by atoms with van der Waals surface area (Å²) in [5, 5.41) is 0. The lowest BCUT2D eigenvalue weighted by atomic mass is 9.89. The number of carbonyl (C=O) groups excluding carboxylic acids is 3. The van der Waals surface area contributed by atoms with E-state index in [1.54, 1.807) is 29.2 Å². The lowest BCUT2D eigenvalue weighted by Crippen LogP contribution is -2.38. The molecule has 1 saturated carbocycles. The smallest absolute Gasteiger partial charge is 0.310 e. The van der Waals surface area contributed by atoms with Gasteiger partial charge >= 0.3 is 5.97 Å². The van der Waals surface area contributed by atoms with Crippen LogP contribution in [0, 0.1) is 23.2 Å². The third-order valence-corrected chi connectivity index (χ3v) is 6.04. The van der Waals surface area contributed by atoms with E-state index in [0.717, 1.165) is 12.8 Å². The summed E-state index contributed by atoms with van der Waals surface area (Å²) in [4.78, 5) is 38.6. The summed E-state index contributed by atoms with van der Waals surface area (Å²) >= 11 is 0. The Morgan fingerprint density at radius 2 is 1.85 bits per heavy atom. The number of esters is 1. The quantitative estimate of drug-likeness (QED) is 0.652. The first-order valence-electron chi connectivity index (χ1n) is 9.36. The Labute approximate surface area is 158 Å². The molecule has 1 aliphatic heterocycles. The molecule has 27 heavy (non-hydrogen) atoms. The number of nitrogens with two attached hydrogens (primary N) is 1. The normalized spacial score (nSPS) is 30.7. The van der Waals surface area contributed by atoms with Gasteiger partial charge in [0.05, 0.1) is 5.92 Å². The Morgan fingerprint density at radius 3 is 2.41 bits per heavy atom. The van der Waals surface area contributed by atoms with Gasteiger partial charge in [-0.3, -0.25) is 14.4 Å². The van der Waals surface area contributed by atoms with E-state index in [4.69, 9.17) is 10.5 Å². The number of allylic oxidation sites excluding steroid dienone is 2. The highest BCUT2D eigenvalue weighted by atomic mass is 16.6. The minimum atomic E-state index is -0.802. The van der Waals surface area contributed by atoms with Gasteiger partial charge in [0.25, 0.3) is 5.91 Å². The van der Waals surface area contributed by atoms with E-state index < -0.39 is 17.4 Å². The summed E-state index contributed by atoms with van der Waals surface area (Å²) in [7, 11) is 0. The number of hydrogen-bond donors (Lipinski definition) is 1. The molecule has 3 aliphatic rings. The molecule has 0 radical (unpaired) electrons. The van der Waals surface area contributed by atoms with Crippen molar-refractivity contribution in [2.45, 2.75) is 32.8 Å². The minimum Gasteiger partial charge on any atom is -0.451 e. The van der Waals surface area contributed by atoms with Gasteiger partial charge in [-0.15, -0.1) is 0 Å². The van der Waals surface area contributed by atoms with Crippen molar-refractivity contribution in [2.75, 3.05) is 11.4 Å². The largest absolute Gasteiger partial charge is 0.451 e. The molecule has 2 aliphatic carbocycles. The number of amides is 2. The number of carbonyl (C=O) groups is 3. The van der Waals surface area contributed by atoms with Gasteiger partial charge in [0.2, 0.25) is 5.91 Å². The fourth-order valence-corrected chi connectivity index (χ4v) is 4.53. The molecule has 2 amide bonds. The number of primary amides is 1. The van der Waals surface area contributed by atoms with Crippen LogP contribution in [0.5, 0.6) is 0 Å². The average molecular weight is 368 g/mol. The third-order valence-electron chi connectivity index (χ3n) is 6.04. The van der Waals surface area contributed by atoms with Gasteiger partial charge in [0.1, 0.15) is 0 Å². The van der Waals surface area contributed by atoms with Crippen LogP contribution in [-0.4, -0.2) is 30.4 Å². The molecular weight excluding hydrogens is 344 g/mol. The van der Waals surface area contributed by atoms with Crippen LogP contribution < -0.4 is 10.6 Å². The summed E-state index contributed by atoms with van der Waals surface area (Å²) in [6, 6.07) is 6.58. The van der Waals surface area contributed by atoms with Gasteiger partial charge in [-0.05, 0) is 48.9 Å². The summed E-state index contributed by atoms with van der Waals surface area (Å²) in [5.74, 6) is -0.406. The topological polar surface area (TPSA) is 89.7 Å². The maximum Gasteiger partial charge on any atom is 0.310 e. The molecule has 1 saturated heterocycles. The number of hydrogen-bond acceptors (Lipinski definition) is 4. The first-order valence-corrected chi connectivity index (χ1v) is 9.36. The van der Waals surface area contributed by atoms with Crippen molar-refractivity contribution in [3.8, 4) is 0 Å². The molecule has 1 aromatic carbocycles. The van der Waals surface area contributed by atoms with Crippen molar-refractivity contribution < 1.29 is 19.1 Å². The van der Waals surface area contributed by atoms with E-state index in [0.29, 0.717) is 23.7 Å². The fourth-order valence-electron chi connectivity index (χ4n) is 4.53. The maximum atomic E-state index is 13.0. The standard InChI is InChI=1S/C21H24N2O4/c1-21(2)11-23(15-7-5-13(6-8-15)18(22)24)19(25)17(21)27-20(26)16-10-12-3-4-14(16)9-12/h3-8,12,14,16-17H,9-11H2,1-2H3,(H2,22,24)/t12-,14+,16-,17?/m1/s1. The molecule has 1 heterocycles. The van der Waals surface area contributed by atoms with E-state index in [-0.39, 0.29) is 23.7 Å². The Hall–Kier alpha value is -2.63.